The van der Waals surface area contributed by atoms with E-state index >= 15 is 0 Å². The van der Waals surface area contributed by atoms with E-state index in [0.717, 1.165) is 22.4 Å². The summed E-state index contributed by atoms with van der Waals surface area (Å²) in [6.07, 6.45) is 3.61. The maximum atomic E-state index is 10.4. The van der Waals surface area contributed by atoms with Crippen molar-refractivity contribution >= 4 is 5.82 Å². The van der Waals surface area contributed by atoms with E-state index in [4.69, 9.17) is 5.73 Å². The Bertz CT molecular complexity index is 604. The van der Waals surface area contributed by atoms with Gasteiger partial charge < -0.3 is 10.8 Å². The summed E-state index contributed by atoms with van der Waals surface area (Å²) in [6.45, 7) is 1.92. The molecule has 0 saturated heterocycles. The smallest absolute Gasteiger partial charge is 0.146 e. The number of phenolic OH excluding ortho intramolecular Hbond substituents is 1. The highest BCUT2D eigenvalue weighted by molar-refractivity contribution is 5.68. The topological polar surface area (TPSA) is 72.0 Å². The first-order valence-electron chi connectivity index (χ1n) is 6.59. The van der Waals surface area contributed by atoms with Gasteiger partial charge in [0.15, 0.2) is 0 Å². The summed E-state index contributed by atoms with van der Waals surface area (Å²) in [5.41, 5.74) is 9.12. The normalized spacial score (nSPS) is 15.2. The summed E-state index contributed by atoms with van der Waals surface area (Å²) in [7, 11) is 0. The average Bonchev–Trinajstić information content (AvgIpc) is 2.35. The van der Waals surface area contributed by atoms with Gasteiger partial charge in [-0.3, -0.25) is 0 Å². The van der Waals surface area contributed by atoms with Crippen LogP contribution in [0.2, 0.25) is 0 Å². The van der Waals surface area contributed by atoms with Gasteiger partial charge in [-0.1, -0.05) is 18.6 Å². The number of nitrogens with two attached hydrogens (primary N) is 1. The number of aromatic hydroxyl groups is 1. The van der Waals surface area contributed by atoms with Crippen LogP contribution >= 0.6 is 0 Å². The van der Waals surface area contributed by atoms with Crippen LogP contribution < -0.4 is 5.73 Å². The molecule has 1 heterocycles. The predicted molar refractivity (Wildman–Crippen MR) is 74.9 cm³/mol. The van der Waals surface area contributed by atoms with Crippen molar-refractivity contribution in [3.63, 3.8) is 0 Å². The molecule has 4 nitrogen and oxygen atoms in total. The Balaban J connectivity index is 2.03. The molecule has 1 fully saturated rings. The number of hydrogen-bond acceptors (Lipinski definition) is 4. The van der Waals surface area contributed by atoms with Gasteiger partial charge in [0.05, 0.1) is 5.69 Å². The molecular weight excluding hydrogens is 238 g/mol. The fourth-order valence-corrected chi connectivity index (χ4v) is 2.53. The Kier molecular flexibility index (Phi) is 2.85. The average molecular weight is 255 g/mol. The van der Waals surface area contributed by atoms with Crippen molar-refractivity contribution in [3.8, 4) is 17.0 Å². The third-order valence-electron chi connectivity index (χ3n) is 3.97. The molecule has 0 radical (unpaired) electrons. The molecular formula is C15H17N3O. The number of benzene rings is 1. The molecule has 0 spiro atoms. The Morgan fingerprint density at radius 1 is 1.16 bits per heavy atom. The zero-order valence-corrected chi connectivity index (χ0v) is 10.9. The van der Waals surface area contributed by atoms with Gasteiger partial charge >= 0.3 is 0 Å². The number of nitrogens with zero attached hydrogens (tertiary/aromatic N) is 2. The zero-order chi connectivity index (χ0) is 13.4. The number of rotatable bonds is 2. The molecule has 3 N–H and O–H groups in total. The van der Waals surface area contributed by atoms with E-state index < -0.39 is 0 Å². The lowest BCUT2D eigenvalue weighted by Crippen LogP contribution is -2.09. The molecule has 1 saturated carbocycles. The minimum atomic E-state index is 0.400. The summed E-state index contributed by atoms with van der Waals surface area (Å²) in [5.74, 6) is 1.32. The van der Waals surface area contributed by atoms with Crippen molar-refractivity contribution in [2.75, 3.05) is 5.73 Å². The van der Waals surface area contributed by atoms with Crippen LogP contribution in [0.4, 0.5) is 5.82 Å². The first-order chi connectivity index (χ1) is 9.16. The lowest BCUT2D eigenvalue weighted by Gasteiger charge is -2.27. The van der Waals surface area contributed by atoms with E-state index in [9.17, 15) is 5.11 Å². The van der Waals surface area contributed by atoms with E-state index in [1.54, 1.807) is 6.07 Å². The quantitative estimate of drug-likeness (QED) is 0.865. The minimum absolute atomic E-state index is 0.400. The molecule has 98 valence electrons. The Morgan fingerprint density at radius 2 is 1.95 bits per heavy atom. The predicted octanol–water partition coefficient (Wildman–Crippen LogP) is 3.01. The number of phenols is 1. The third-order valence-corrected chi connectivity index (χ3v) is 3.97. The summed E-state index contributed by atoms with van der Waals surface area (Å²) < 4.78 is 0. The zero-order valence-electron chi connectivity index (χ0n) is 10.9. The number of aromatic nitrogens is 2. The third kappa shape index (κ3) is 2.03. The largest absolute Gasteiger partial charge is 0.507 e. The molecule has 0 amide bonds. The van der Waals surface area contributed by atoms with Crippen molar-refractivity contribution in [2.24, 2.45) is 0 Å². The summed E-state index contributed by atoms with van der Waals surface area (Å²) >= 11 is 0. The highest BCUT2D eigenvalue weighted by Gasteiger charge is 2.24. The van der Waals surface area contributed by atoms with E-state index in [-0.39, 0.29) is 0 Å². The number of nitrogen functional groups attached to an aromatic ring is 1. The van der Waals surface area contributed by atoms with E-state index in [1.807, 2.05) is 25.1 Å². The van der Waals surface area contributed by atoms with Gasteiger partial charge in [-0.2, -0.15) is 0 Å². The second-order valence-corrected chi connectivity index (χ2v) is 5.15. The molecule has 19 heavy (non-hydrogen) atoms. The molecule has 1 aromatic carbocycles. The fraction of sp³-hybridized carbons (Fsp3) is 0.333. The molecule has 0 bridgehead atoms. The maximum Gasteiger partial charge on any atom is 0.146 e. The summed E-state index contributed by atoms with van der Waals surface area (Å²) in [4.78, 5) is 0. The first-order valence-corrected chi connectivity index (χ1v) is 6.59. The number of anilines is 1. The molecule has 1 aliphatic rings. The van der Waals surface area contributed by atoms with E-state index in [2.05, 4.69) is 10.2 Å². The van der Waals surface area contributed by atoms with Crippen molar-refractivity contribution in [1.29, 1.82) is 0 Å². The lowest BCUT2D eigenvalue weighted by molar-refractivity contribution is 0.392. The van der Waals surface area contributed by atoms with Crippen LogP contribution in [-0.2, 0) is 0 Å². The van der Waals surface area contributed by atoms with Crippen molar-refractivity contribution in [1.82, 2.24) is 10.2 Å². The van der Waals surface area contributed by atoms with E-state index in [1.165, 1.54) is 19.3 Å². The molecule has 0 atom stereocenters. The van der Waals surface area contributed by atoms with Gasteiger partial charge in [0, 0.05) is 11.1 Å². The Hall–Kier alpha value is -2.10. The Morgan fingerprint density at radius 3 is 2.53 bits per heavy atom. The first kappa shape index (κ1) is 12.0. The second kappa shape index (κ2) is 4.53. The van der Waals surface area contributed by atoms with Crippen molar-refractivity contribution in [2.45, 2.75) is 32.1 Å². The molecule has 0 unspecified atom stereocenters. The van der Waals surface area contributed by atoms with E-state index in [0.29, 0.717) is 17.5 Å². The molecule has 2 aromatic rings. The molecule has 0 aliphatic heterocycles. The summed E-state index contributed by atoms with van der Waals surface area (Å²) in [5, 5.41) is 18.3. The van der Waals surface area contributed by atoms with Crippen LogP contribution in [0, 0.1) is 6.92 Å². The lowest BCUT2D eigenvalue weighted by atomic mass is 9.78. The van der Waals surface area contributed by atoms with Crippen LogP contribution in [0.3, 0.4) is 0 Å². The van der Waals surface area contributed by atoms with Crippen LogP contribution in [0.1, 0.15) is 36.3 Å². The molecule has 3 rings (SSSR count). The molecule has 1 aromatic heterocycles. The Labute approximate surface area is 112 Å². The second-order valence-electron chi connectivity index (χ2n) is 5.15. The highest BCUT2D eigenvalue weighted by atomic mass is 16.3. The van der Waals surface area contributed by atoms with Crippen LogP contribution in [0.25, 0.3) is 11.3 Å². The summed E-state index contributed by atoms with van der Waals surface area (Å²) in [6, 6.07) is 7.58. The van der Waals surface area contributed by atoms with Crippen molar-refractivity contribution < 1.29 is 5.11 Å². The molecule has 1 aliphatic carbocycles. The van der Waals surface area contributed by atoms with Crippen LogP contribution in [-0.4, -0.2) is 15.3 Å². The SMILES string of the molecule is Cc1c(-c2ccc(N)nn2)ccc(C2CCC2)c1O. The standard InChI is InChI=1S/C15H17N3O/c1-9-11(13-7-8-14(16)18-17-13)5-6-12(15(9)19)10-3-2-4-10/h5-8,10,19H,2-4H2,1H3,(H2,16,18). The van der Waals surface area contributed by atoms with Crippen molar-refractivity contribution in [3.05, 3.63) is 35.4 Å². The maximum absolute atomic E-state index is 10.4. The van der Waals surface area contributed by atoms with Gasteiger partial charge in [-0.25, -0.2) is 0 Å². The number of hydrogen-bond donors (Lipinski definition) is 2. The van der Waals surface area contributed by atoms with Crippen LogP contribution in [0.5, 0.6) is 5.75 Å². The molecule has 4 heteroatoms. The van der Waals surface area contributed by atoms with Gasteiger partial charge in [0.2, 0.25) is 0 Å². The van der Waals surface area contributed by atoms with Gasteiger partial charge in [0.1, 0.15) is 11.6 Å². The highest BCUT2D eigenvalue weighted by Crippen LogP contribution is 2.43. The fourth-order valence-electron chi connectivity index (χ4n) is 2.53. The minimum Gasteiger partial charge on any atom is -0.507 e. The van der Waals surface area contributed by atoms with Gasteiger partial charge in [-0.15, -0.1) is 10.2 Å². The monoisotopic (exact) mass is 255 g/mol. The van der Waals surface area contributed by atoms with Gasteiger partial charge in [-0.05, 0) is 43.4 Å². The van der Waals surface area contributed by atoms with Crippen LogP contribution in [0.15, 0.2) is 24.3 Å². The van der Waals surface area contributed by atoms with Gasteiger partial charge in [0.25, 0.3) is 0 Å².